The molecule has 3 nitrogen and oxygen atoms in total. The summed E-state index contributed by atoms with van der Waals surface area (Å²) in [6.45, 7) is 9.43. The summed E-state index contributed by atoms with van der Waals surface area (Å²) in [5.41, 5.74) is 0. The van der Waals surface area contributed by atoms with Crippen LogP contribution in [-0.2, 0) is 0 Å². The number of hydrogen-bond acceptors (Lipinski definition) is 3. The Morgan fingerprint density at radius 3 is 1.62 bits per heavy atom. The number of rotatable bonds is 9. The van der Waals surface area contributed by atoms with E-state index in [4.69, 9.17) is 0 Å². The van der Waals surface area contributed by atoms with E-state index in [9.17, 15) is 9.90 Å². The van der Waals surface area contributed by atoms with Crippen molar-refractivity contribution >= 4 is 13.2 Å². The smallest absolute Gasteiger partial charge is 0.149 e. The highest BCUT2D eigenvalue weighted by molar-refractivity contribution is 7.75. The van der Waals surface area contributed by atoms with E-state index in [0.29, 0.717) is 0 Å². The molecule has 1 aromatic heterocycles. The quantitative estimate of drug-likeness (QED) is 0.639. The molecule has 0 radical (unpaired) electrons. The minimum absolute atomic E-state index is 0.134. The molecule has 21 heavy (non-hydrogen) atoms. The molecule has 0 saturated carbocycles. The van der Waals surface area contributed by atoms with Gasteiger partial charge in [0.2, 0.25) is 0 Å². The lowest BCUT2D eigenvalue weighted by Gasteiger charge is -2.26. The monoisotopic (exact) mass is 314 g/mol. The molecule has 4 heteroatoms. The van der Waals surface area contributed by atoms with Crippen molar-refractivity contribution in [2.24, 2.45) is 0 Å². The third-order valence-corrected chi connectivity index (χ3v) is 9.10. The van der Waals surface area contributed by atoms with E-state index >= 15 is 0 Å². The zero-order valence-corrected chi connectivity index (χ0v) is 15.0. The van der Waals surface area contributed by atoms with Crippen LogP contribution in [0.25, 0.3) is 0 Å². The van der Waals surface area contributed by atoms with Gasteiger partial charge in [-0.1, -0.05) is 27.7 Å². The Morgan fingerprint density at radius 1 is 1.00 bits per heavy atom. The second kappa shape index (κ2) is 11.8. The summed E-state index contributed by atoms with van der Waals surface area (Å²) in [5.74, 6) is -1.42. The Labute approximate surface area is 130 Å². The summed E-state index contributed by atoms with van der Waals surface area (Å²) in [6.07, 6.45) is 13.2. The van der Waals surface area contributed by atoms with E-state index in [0.717, 1.165) is 0 Å². The van der Waals surface area contributed by atoms with E-state index < -0.39 is 13.2 Å². The van der Waals surface area contributed by atoms with Gasteiger partial charge in [-0.3, -0.25) is 0 Å². The predicted octanol–water partition coefficient (Wildman–Crippen LogP) is 4.29. The van der Waals surface area contributed by atoms with E-state index in [-0.39, 0.29) is 5.76 Å². The summed E-state index contributed by atoms with van der Waals surface area (Å²) in [6, 6.07) is 2.82. The number of carboxylic acid groups (broad SMARTS) is 1. The summed E-state index contributed by atoms with van der Waals surface area (Å²) < 4.78 is 4.43. The molecule has 0 aliphatic carbocycles. The maximum atomic E-state index is 9.86. The van der Waals surface area contributed by atoms with Crippen LogP contribution in [0.2, 0.25) is 0 Å². The zero-order valence-electron chi connectivity index (χ0n) is 14.1. The van der Waals surface area contributed by atoms with Crippen LogP contribution in [0.4, 0.5) is 0 Å². The maximum absolute atomic E-state index is 9.86. The van der Waals surface area contributed by atoms with Crippen LogP contribution in [-0.4, -0.2) is 30.6 Å². The summed E-state index contributed by atoms with van der Waals surface area (Å²) >= 11 is 0. The number of carboxylic acids is 1. The van der Waals surface area contributed by atoms with Gasteiger partial charge in [-0.2, -0.15) is 0 Å². The van der Waals surface area contributed by atoms with Crippen LogP contribution in [0, 0.1) is 0 Å². The SMILES string of the molecule is CCC[P+](CCC)(CCC)CCC.O=C([O-])c1ccco1. The number of carbonyl (C=O) groups excluding carboxylic acids is 1. The first-order valence-electron chi connectivity index (χ1n) is 8.15. The number of carbonyl (C=O) groups is 1. The van der Waals surface area contributed by atoms with Gasteiger partial charge in [0.25, 0.3) is 0 Å². The van der Waals surface area contributed by atoms with Crippen molar-refractivity contribution in [1.29, 1.82) is 0 Å². The molecule has 0 aliphatic rings. The zero-order chi connectivity index (χ0) is 16.1. The third-order valence-electron chi connectivity index (χ3n) is 3.51. The fraction of sp³-hybridized carbons (Fsp3) is 0.706. The summed E-state index contributed by atoms with van der Waals surface area (Å²) in [4.78, 5) is 9.86. The number of hydrogen-bond donors (Lipinski definition) is 0. The Bertz CT molecular complexity index is 331. The molecule has 0 unspecified atom stereocenters. The number of aromatic carboxylic acids is 1. The van der Waals surface area contributed by atoms with Crippen LogP contribution in [0.3, 0.4) is 0 Å². The third kappa shape index (κ3) is 8.26. The molecule has 0 bridgehead atoms. The molecule has 1 aromatic rings. The molecule has 122 valence electrons. The van der Waals surface area contributed by atoms with Crippen LogP contribution in [0.1, 0.15) is 63.9 Å². The van der Waals surface area contributed by atoms with Crippen LogP contribution >= 0.6 is 7.26 Å². The maximum Gasteiger partial charge on any atom is 0.149 e. The van der Waals surface area contributed by atoms with Crippen molar-refractivity contribution in [3.05, 3.63) is 24.2 Å². The Balaban J connectivity index is 0.000000423. The summed E-state index contributed by atoms with van der Waals surface area (Å²) in [7, 11) is -0.496. The average molecular weight is 314 g/mol. The molecule has 1 rings (SSSR count). The first-order valence-corrected chi connectivity index (χ1v) is 10.7. The molecule has 0 fully saturated rings. The minimum atomic E-state index is -1.28. The van der Waals surface area contributed by atoms with Gasteiger partial charge in [0, 0.05) is 7.26 Å². The van der Waals surface area contributed by atoms with Gasteiger partial charge in [-0.05, 0) is 37.8 Å². The molecule has 0 spiro atoms. The van der Waals surface area contributed by atoms with Gasteiger partial charge in [0.1, 0.15) is 11.7 Å². The topological polar surface area (TPSA) is 53.3 Å². The van der Waals surface area contributed by atoms with E-state index in [2.05, 4.69) is 32.1 Å². The molecule has 0 atom stereocenters. The number of furan rings is 1. The molecule has 0 amide bonds. The van der Waals surface area contributed by atoms with Crippen molar-refractivity contribution in [2.75, 3.05) is 24.6 Å². The fourth-order valence-corrected chi connectivity index (χ4v) is 8.10. The molecule has 0 saturated heterocycles. The first-order chi connectivity index (χ1) is 10.0. The van der Waals surface area contributed by atoms with Gasteiger partial charge >= 0.3 is 0 Å². The van der Waals surface area contributed by atoms with E-state index in [1.807, 2.05) is 0 Å². The molecule has 1 heterocycles. The van der Waals surface area contributed by atoms with Gasteiger partial charge in [-0.25, -0.2) is 0 Å². The molecule has 0 aliphatic heterocycles. The van der Waals surface area contributed by atoms with Crippen molar-refractivity contribution in [3.63, 3.8) is 0 Å². The van der Waals surface area contributed by atoms with Crippen molar-refractivity contribution in [1.82, 2.24) is 0 Å². The second-order valence-corrected chi connectivity index (χ2v) is 9.97. The molecule has 0 aromatic carbocycles. The van der Waals surface area contributed by atoms with Crippen molar-refractivity contribution in [3.8, 4) is 0 Å². The molecular formula is C17H31O3P. The van der Waals surface area contributed by atoms with Crippen LogP contribution in [0.15, 0.2) is 22.8 Å². The molecule has 0 N–H and O–H groups in total. The van der Waals surface area contributed by atoms with Crippen molar-refractivity contribution in [2.45, 2.75) is 53.4 Å². The van der Waals surface area contributed by atoms with Gasteiger partial charge in [-0.15, -0.1) is 0 Å². The Kier molecular flexibility index (Phi) is 11.3. The van der Waals surface area contributed by atoms with E-state index in [1.165, 1.54) is 44.1 Å². The van der Waals surface area contributed by atoms with Gasteiger partial charge in [0.15, 0.2) is 0 Å². The van der Waals surface area contributed by atoms with Crippen LogP contribution < -0.4 is 5.11 Å². The Morgan fingerprint density at radius 2 is 1.43 bits per heavy atom. The highest BCUT2D eigenvalue weighted by Crippen LogP contribution is 2.60. The lowest BCUT2D eigenvalue weighted by Crippen LogP contribution is -2.21. The summed E-state index contributed by atoms with van der Waals surface area (Å²) in [5, 5.41) is 9.86. The highest BCUT2D eigenvalue weighted by atomic mass is 31.2. The lowest BCUT2D eigenvalue weighted by atomic mass is 10.5. The average Bonchev–Trinajstić information content (AvgIpc) is 2.95. The molecular weight excluding hydrogens is 283 g/mol. The largest absolute Gasteiger partial charge is 0.542 e. The van der Waals surface area contributed by atoms with Gasteiger partial charge in [0.05, 0.1) is 30.9 Å². The second-order valence-electron chi connectivity index (χ2n) is 5.50. The normalized spacial score (nSPS) is 10.9. The van der Waals surface area contributed by atoms with Gasteiger partial charge < -0.3 is 14.3 Å². The van der Waals surface area contributed by atoms with Crippen molar-refractivity contribution < 1.29 is 14.3 Å². The Hall–Kier alpha value is -0.820. The lowest BCUT2D eigenvalue weighted by molar-refractivity contribution is -0.257. The standard InChI is InChI=1S/C12H28P.C5H4O3/c1-5-9-13(10-6-2,11-7-3)12-8-4;6-5(7)4-2-1-3-8-4/h5-12H2,1-4H3;1-3H,(H,6,7)/q+1;/p-1. The van der Waals surface area contributed by atoms with E-state index in [1.54, 1.807) is 24.6 Å². The van der Waals surface area contributed by atoms with Crippen LogP contribution in [0.5, 0.6) is 0 Å². The predicted molar refractivity (Wildman–Crippen MR) is 90.6 cm³/mol. The minimum Gasteiger partial charge on any atom is -0.542 e. The highest BCUT2D eigenvalue weighted by Gasteiger charge is 2.32. The first kappa shape index (κ1) is 20.2. The fourth-order valence-electron chi connectivity index (χ4n) is 2.96.